The number of nitrogens with zero attached hydrogens (tertiary/aromatic N) is 1. The predicted molar refractivity (Wildman–Crippen MR) is 68.1 cm³/mol. The molecule has 0 aliphatic rings. The van der Waals surface area contributed by atoms with E-state index in [0.717, 1.165) is 11.3 Å². The molecule has 0 saturated heterocycles. The van der Waals surface area contributed by atoms with E-state index >= 15 is 0 Å². The Bertz CT molecular complexity index is 596. The van der Waals surface area contributed by atoms with Crippen molar-refractivity contribution in [3.8, 4) is 0 Å². The van der Waals surface area contributed by atoms with Crippen molar-refractivity contribution < 1.29 is 9.18 Å². The smallest absolute Gasteiger partial charge is 0.274 e. The largest absolute Gasteiger partial charge is 0.318 e. The number of aryl methyl sites for hydroxylation is 2. The van der Waals surface area contributed by atoms with E-state index in [0.29, 0.717) is 0 Å². The van der Waals surface area contributed by atoms with Crippen molar-refractivity contribution in [1.29, 1.82) is 0 Å². The number of hydrogen-bond donors (Lipinski definition) is 1. The Morgan fingerprint density at radius 1 is 1.22 bits per heavy atom. The highest BCUT2D eigenvalue weighted by Crippen LogP contribution is 2.16. The van der Waals surface area contributed by atoms with Crippen LogP contribution in [0.5, 0.6) is 0 Å². The van der Waals surface area contributed by atoms with Gasteiger partial charge in [-0.05, 0) is 43.7 Å². The molecular weight excluding hydrogens is 231 g/mol. The zero-order chi connectivity index (χ0) is 13.1. The van der Waals surface area contributed by atoms with Crippen LogP contribution in [-0.4, -0.2) is 10.9 Å². The molecule has 0 spiro atoms. The Morgan fingerprint density at radius 3 is 2.72 bits per heavy atom. The van der Waals surface area contributed by atoms with Gasteiger partial charge < -0.3 is 5.32 Å². The van der Waals surface area contributed by atoms with Crippen LogP contribution in [-0.2, 0) is 0 Å². The number of nitrogens with one attached hydrogen (secondary N) is 1. The Hall–Kier alpha value is -2.23. The molecule has 0 atom stereocenters. The molecule has 1 amide bonds. The lowest BCUT2D eigenvalue weighted by Gasteiger charge is -2.07. The normalized spacial score (nSPS) is 10.2. The Labute approximate surface area is 105 Å². The van der Waals surface area contributed by atoms with Gasteiger partial charge >= 0.3 is 0 Å². The highest BCUT2D eigenvalue weighted by molar-refractivity contribution is 6.02. The zero-order valence-electron chi connectivity index (χ0n) is 10.2. The maximum atomic E-state index is 13.5. The molecule has 92 valence electrons. The summed E-state index contributed by atoms with van der Waals surface area (Å²) in [6.45, 7) is 3.63. The second-order valence-electron chi connectivity index (χ2n) is 4.10. The molecule has 18 heavy (non-hydrogen) atoms. The third-order valence-electron chi connectivity index (χ3n) is 2.49. The maximum Gasteiger partial charge on any atom is 0.274 e. The van der Waals surface area contributed by atoms with Gasteiger partial charge in [-0.1, -0.05) is 12.1 Å². The van der Waals surface area contributed by atoms with E-state index in [9.17, 15) is 9.18 Å². The van der Waals surface area contributed by atoms with Crippen molar-refractivity contribution in [2.75, 3.05) is 5.32 Å². The van der Waals surface area contributed by atoms with E-state index in [1.165, 1.54) is 6.07 Å². The summed E-state index contributed by atoms with van der Waals surface area (Å²) < 4.78 is 13.5. The summed E-state index contributed by atoms with van der Waals surface area (Å²) in [5.74, 6) is -0.871. The second-order valence-corrected chi connectivity index (χ2v) is 4.10. The monoisotopic (exact) mass is 244 g/mol. The minimum Gasteiger partial charge on any atom is -0.318 e. The van der Waals surface area contributed by atoms with Crippen molar-refractivity contribution >= 4 is 11.6 Å². The second kappa shape index (κ2) is 4.96. The fraction of sp³-hybridized carbons (Fsp3) is 0.143. The van der Waals surface area contributed by atoms with Gasteiger partial charge in [0.1, 0.15) is 11.5 Å². The summed E-state index contributed by atoms with van der Waals surface area (Å²) in [6.07, 6.45) is 0. The van der Waals surface area contributed by atoms with Crippen LogP contribution in [0, 0.1) is 19.7 Å². The first kappa shape index (κ1) is 12.2. The average Bonchev–Trinajstić information content (AvgIpc) is 2.34. The number of amides is 1. The molecule has 0 saturated carbocycles. The van der Waals surface area contributed by atoms with Crippen molar-refractivity contribution in [3.05, 3.63) is 59.2 Å². The van der Waals surface area contributed by atoms with Crippen LogP contribution in [0.25, 0.3) is 0 Å². The molecule has 0 bridgehead atoms. The number of pyridine rings is 1. The van der Waals surface area contributed by atoms with Crippen molar-refractivity contribution in [2.45, 2.75) is 13.8 Å². The van der Waals surface area contributed by atoms with Gasteiger partial charge in [-0.3, -0.25) is 4.79 Å². The van der Waals surface area contributed by atoms with Crippen LogP contribution in [0.4, 0.5) is 10.1 Å². The van der Waals surface area contributed by atoms with Crippen LogP contribution in [0.15, 0.2) is 36.4 Å². The summed E-state index contributed by atoms with van der Waals surface area (Å²) in [5.41, 5.74) is 2.07. The third kappa shape index (κ3) is 2.71. The Morgan fingerprint density at radius 2 is 2.00 bits per heavy atom. The van der Waals surface area contributed by atoms with E-state index in [1.807, 2.05) is 6.92 Å². The highest BCUT2D eigenvalue weighted by Gasteiger charge is 2.10. The van der Waals surface area contributed by atoms with Gasteiger partial charge in [-0.25, -0.2) is 9.37 Å². The fourth-order valence-corrected chi connectivity index (χ4v) is 1.59. The number of anilines is 1. The first-order valence-corrected chi connectivity index (χ1v) is 5.57. The first-order chi connectivity index (χ1) is 8.56. The molecule has 1 aromatic heterocycles. The Kier molecular flexibility index (Phi) is 3.37. The van der Waals surface area contributed by atoms with Gasteiger partial charge in [0.05, 0.1) is 5.69 Å². The molecule has 2 aromatic rings. The van der Waals surface area contributed by atoms with Crippen LogP contribution < -0.4 is 5.32 Å². The number of carbonyl (C=O) groups is 1. The molecule has 0 unspecified atom stereocenters. The van der Waals surface area contributed by atoms with Crippen LogP contribution in [0.3, 0.4) is 0 Å². The molecule has 1 aromatic carbocycles. The SMILES string of the molecule is Cc1ccc(F)c(NC(=O)c2cccc(C)n2)c1. The van der Waals surface area contributed by atoms with E-state index < -0.39 is 11.7 Å². The van der Waals surface area contributed by atoms with E-state index in [1.54, 1.807) is 37.3 Å². The lowest BCUT2D eigenvalue weighted by molar-refractivity contribution is 0.102. The zero-order valence-corrected chi connectivity index (χ0v) is 10.2. The number of hydrogen-bond acceptors (Lipinski definition) is 2. The number of aromatic nitrogens is 1. The molecule has 0 radical (unpaired) electrons. The van der Waals surface area contributed by atoms with Gasteiger partial charge in [-0.2, -0.15) is 0 Å². The lowest BCUT2D eigenvalue weighted by Crippen LogP contribution is -2.15. The molecule has 1 heterocycles. The van der Waals surface area contributed by atoms with Gasteiger partial charge in [0.2, 0.25) is 0 Å². The summed E-state index contributed by atoms with van der Waals surface area (Å²) in [7, 11) is 0. The maximum absolute atomic E-state index is 13.5. The van der Waals surface area contributed by atoms with E-state index in [2.05, 4.69) is 10.3 Å². The van der Waals surface area contributed by atoms with Gasteiger partial charge in [0, 0.05) is 5.69 Å². The van der Waals surface area contributed by atoms with Gasteiger partial charge in [0.15, 0.2) is 0 Å². The molecule has 0 fully saturated rings. The minimum absolute atomic E-state index is 0.170. The molecule has 2 rings (SSSR count). The number of carbonyl (C=O) groups excluding carboxylic acids is 1. The topological polar surface area (TPSA) is 42.0 Å². The van der Waals surface area contributed by atoms with Crippen LogP contribution in [0.1, 0.15) is 21.7 Å². The molecule has 0 aliphatic carbocycles. The summed E-state index contributed by atoms with van der Waals surface area (Å²) >= 11 is 0. The van der Waals surface area contributed by atoms with E-state index in [4.69, 9.17) is 0 Å². The average molecular weight is 244 g/mol. The molecular formula is C14H13FN2O. The third-order valence-corrected chi connectivity index (χ3v) is 2.49. The summed E-state index contributed by atoms with van der Waals surface area (Å²) in [5, 5.41) is 2.52. The minimum atomic E-state index is -0.457. The fourth-order valence-electron chi connectivity index (χ4n) is 1.59. The first-order valence-electron chi connectivity index (χ1n) is 5.57. The van der Waals surface area contributed by atoms with Crippen LogP contribution >= 0.6 is 0 Å². The van der Waals surface area contributed by atoms with Gasteiger partial charge in [-0.15, -0.1) is 0 Å². The number of halogens is 1. The quantitative estimate of drug-likeness (QED) is 0.882. The van der Waals surface area contributed by atoms with Crippen molar-refractivity contribution in [1.82, 2.24) is 4.98 Å². The lowest BCUT2D eigenvalue weighted by atomic mass is 10.2. The standard InChI is InChI=1S/C14H13FN2O/c1-9-6-7-11(15)13(8-9)17-14(18)12-5-3-4-10(2)16-12/h3-8H,1-2H3,(H,17,18). The highest BCUT2D eigenvalue weighted by atomic mass is 19.1. The predicted octanol–water partition coefficient (Wildman–Crippen LogP) is 3.09. The van der Waals surface area contributed by atoms with Gasteiger partial charge in [0.25, 0.3) is 5.91 Å². The number of rotatable bonds is 2. The van der Waals surface area contributed by atoms with Crippen LogP contribution in [0.2, 0.25) is 0 Å². The van der Waals surface area contributed by atoms with Crippen molar-refractivity contribution in [2.24, 2.45) is 0 Å². The summed E-state index contributed by atoms with van der Waals surface area (Å²) in [4.78, 5) is 16.0. The summed E-state index contributed by atoms with van der Waals surface area (Å²) in [6, 6.07) is 9.69. The molecule has 0 aliphatic heterocycles. The Balaban J connectivity index is 2.24. The van der Waals surface area contributed by atoms with E-state index in [-0.39, 0.29) is 11.4 Å². The molecule has 3 nitrogen and oxygen atoms in total. The van der Waals surface area contributed by atoms with Crippen molar-refractivity contribution in [3.63, 3.8) is 0 Å². The molecule has 1 N–H and O–H groups in total. The molecule has 4 heteroatoms. The number of benzene rings is 1.